The summed E-state index contributed by atoms with van der Waals surface area (Å²) in [5.74, 6) is 0.701. The molecule has 0 saturated carbocycles. The molecule has 0 radical (unpaired) electrons. The Bertz CT molecular complexity index is 499. The van der Waals surface area contributed by atoms with Crippen molar-refractivity contribution in [1.29, 1.82) is 0 Å². The van der Waals surface area contributed by atoms with Crippen molar-refractivity contribution in [2.75, 3.05) is 33.1 Å². The molecule has 1 aromatic carbocycles. The number of methoxy groups -OCH3 is 2. The Labute approximate surface area is 124 Å². The second-order valence-electron chi connectivity index (χ2n) is 4.99. The zero-order valence-electron chi connectivity index (χ0n) is 12.5. The van der Waals surface area contributed by atoms with Crippen LogP contribution in [0.15, 0.2) is 12.1 Å². The zero-order valence-corrected chi connectivity index (χ0v) is 12.5. The smallest absolute Gasteiger partial charge is 0.253 e. The molecule has 1 aliphatic heterocycles. The number of benzene rings is 1. The second kappa shape index (κ2) is 7.17. The molecule has 2 rings (SSSR count). The molecule has 6 nitrogen and oxygen atoms in total. The van der Waals surface area contributed by atoms with E-state index >= 15 is 0 Å². The van der Waals surface area contributed by atoms with Crippen LogP contribution in [0.2, 0.25) is 0 Å². The third-order valence-electron chi connectivity index (χ3n) is 3.58. The highest BCUT2D eigenvalue weighted by Gasteiger charge is 2.19. The fraction of sp³-hybridized carbons (Fsp3) is 0.533. The predicted molar refractivity (Wildman–Crippen MR) is 79.9 cm³/mol. The van der Waals surface area contributed by atoms with Crippen molar-refractivity contribution >= 4 is 11.6 Å². The molecule has 1 atom stereocenters. The van der Waals surface area contributed by atoms with E-state index in [1.165, 1.54) is 14.2 Å². The summed E-state index contributed by atoms with van der Waals surface area (Å²) >= 11 is 0. The van der Waals surface area contributed by atoms with Crippen LogP contribution in [0.4, 0.5) is 5.69 Å². The maximum absolute atomic E-state index is 12.3. The van der Waals surface area contributed by atoms with Gasteiger partial charge < -0.3 is 25.3 Å². The molecule has 0 aromatic heterocycles. The van der Waals surface area contributed by atoms with Gasteiger partial charge in [0.1, 0.15) is 11.5 Å². The molecule has 1 amide bonds. The number of carbonyl (C=O) groups excluding carboxylic acids is 1. The molecule has 1 unspecified atom stereocenters. The van der Waals surface area contributed by atoms with Gasteiger partial charge in [0.25, 0.3) is 5.91 Å². The lowest BCUT2D eigenvalue weighted by Gasteiger charge is -2.23. The molecule has 3 N–H and O–H groups in total. The molecule has 0 spiro atoms. The van der Waals surface area contributed by atoms with E-state index in [9.17, 15) is 4.79 Å². The van der Waals surface area contributed by atoms with Gasteiger partial charge in [-0.25, -0.2) is 0 Å². The van der Waals surface area contributed by atoms with Crippen molar-refractivity contribution in [2.24, 2.45) is 0 Å². The van der Waals surface area contributed by atoms with Crippen LogP contribution in [0, 0.1) is 0 Å². The Morgan fingerprint density at radius 1 is 1.38 bits per heavy atom. The molecule has 0 bridgehead atoms. The lowest BCUT2D eigenvalue weighted by molar-refractivity contribution is 0.0169. The maximum atomic E-state index is 12.3. The summed E-state index contributed by atoms with van der Waals surface area (Å²) in [6.45, 7) is 1.24. The number of nitrogens with two attached hydrogens (primary N) is 1. The normalized spacial score (nSPS) is 18.1. The number of carbonyl (C=O) groups is 1. The van der Waals surface area contributed by atoms with E-state index in [1.807, 2.05) is 0 Å². The number of nitrogens with one attached hydrogen (secondary N) is 1. The molecule has 1 aliphatic rings. The lowest BCUT2D eigenvalue weighted by Crippen LogP contribution is -2.35. The number of hydrogen-bond donors (Lipinski definition) is 2. The first kappa shape index (κ1) is 15.4. The summed E-state index contributed by atoms with van der Waals surface area (Å²) in [4.78, 5) is 12.3. The van der Waals surface area contributed by atoms with E-state index < -0.39 is 0 Å². The van der Waals surface area contributed by atoms with Gasteiger partial charge >= 0.3 is 0 Å². The number of amides is 1. The van der Waals surface area contributed by atoms with Gasteiger partial charge in [-0.05, 0) is 25.3 Å². The van der Waals surface area contributed by atoms with Crippen molar-refractivity contribution in [3.8, 4) is 11.5 Å². The molecular formula is C15H22N2O4. The van der Waals surface area contributed by atoms with Crippen molar-refractivity contribution in [3.05, 3.63) is 17.7 Å². The number of hydrogen-bond acceptors (Lipinski definition) is 5. The molecule has 1 aromatic rings. The average molecular weight is 294 g/mol. The van der Waals surface area contributed by atoms with E-state index in [0.717, 1.165) is 25.9 Å². The van der Waals surface area contributed by atoms with E-state index in [0.29, 0.717) is 29.3 Å². The predicted octanol–water partition coefficient (Wildman–Crippen LogP) is 1.58. The van der Waals surface area contributed by atoms with Crippen LogP contribution in [0.1, 0.15) is 29.6 Å². The number of nitrogen functional groups attached to an aromatic ring is 1. The van der Waals surface area contributed by atoms with Gasteiger partial charge in [-0.1, -0.05) is 0 Å². The van der Waals surface area contributed by atoms with Crippen LogP contribution in [-0.2, 0) is 4.74 Å². The Morgan fingerprint density at radius 2 is 2.19 bits per heavy atom. The summed E-state index contributed by atoms with van der Waals surface area (Å²) in [6.07, 6.45) is 3.27. The molecule has 1 heterocycles. The largest absolute Gasteiger partial charge is 0.497 e. The van der Waals surface area contributed by atoms with Crippen LogP contribution < -0.4 is 20.5 Å². The summed E-state index contributed by atoms with van der Waals surface area (Å²) < 4.78 is 15.9. The van der Waals surface area contributed by atoms with E-state index in [1.54, 1.807) is 12.1 Å². The lowest BCUT2D eigenvalue weighted by atomic mass is 10.1. The first-order chi connectivity index (χ1) is 10.2. The molecule has 0 aliphatic carbocycles. The van der Waals surface area contributed by atoms with E-state index in [-0.39, 0.29) is 12.0 Å². The van der Waals surface area contributed by atoms with Gasteiger partial charge in [0, 0.05) is 19.2 Å². The molecule has 6 heteroatoms. The molecule has 1 fully saturated rings. The number of rotatable bonds is 5. The van der Waals surface area contributed by atoms with Crippen molar-refractivity contribution < 1.29 is 19.0 Å². The van der Waals surface area contributed by atoms with E-state index in [2.05, 4.69) is 5.32 Å². The SMILES string of the molecule is COc1cc(OC)c(N)c(C(=O)NCC2CCCCO2)c1. The minimum atomic E-state index is -0.251. The highest BCUT2D eigenvalue weighted by atomic mass is 16.5. The summed E-state index contributed by atoms with van der Waals surface area (Å²) in [5, 5.41) is 2.86. The summed E-state index contributed by atoms with van der Waals surface area (Å²) in [6, 6.07) is 3.26. The van der Waals surface area contributed by atoms with Crippen LogP contribution in [0.3, 0.4) is 0 Å². The monoisotopic (exact) mass is 294 g/mol. The quantitative estimate of drug-likeness (QED) is 0.806. The molecule has 116 valence electrons. The zero-order chi connectivity index (χ0) is 15.2. The van der Waals surface area contributed by atoms with Crippen LogP contribution in [-0.4, -0.2) is 39.4 Å². The van der Waals surface area contributed by atoms with Crippen LogP contribution in [0.25, 0.3) is 0 Å². The highest BCUT2D eigenvalue weighted by Crippen LogP contribution is 2.31. The van der Waals surface area contributed by atoms with Gasteiger partial charge in [-0.15, -0.1) is 0 Å². The Hall–Kier alpha value is -1.95. The first-order valence-corrected chi connectivity index (χ1v) is 7.07. The summed E-state index contributed by atoms with van der Waals surface area (Å²) in [5.41, 5.74) is 6.61. The third-order valence-corrected chi connectivity index (χ3v) is 3.58. The van der Waals surface area contributed by atoms with Gasteiger partial charge in [0.2, 0.25) is 0 Å². The summed E-state index contributed by atoms with van der Waals surface area (Å²) in [7, 11) is 3.03. The Balaban J connectivity index is 2.07. The average Bonchev–Trinajstić information content (AvgIpc) is 2.53. The fourth-order valence-corrected chi connectivity index (χ4v) is 2.35. The number of ether oxygens (including phenoxy) is 3. The minimum absolute atomic E-state index is 0.0800. The fourth-order valence-electron chi connectivity index (χ4n) is 2.35. The van der Waals surface area contributed by atoms with Gasteiger partial charge in [0.05, 0.1) is 31.6 Å². The van der Waals surface area contributed by atoms with E-state index in [4.69, 9.17) is 19.9 Å². The molecular weight excluding hydrogens is 272 g/mol. The van der Waals surface area contributed by atoms with Crippen molar-refractivity contribution in [1.82, 2.24) is 5.32 Å². The van der Waals surface area contributed by atoms with Crippen LogP contribution >= 0.6 is 0 Å². The van der Waals surface area contributed by atoms with Crippen molar-refractivity contribution in [2.45, 2.75) is 25.4 Å². The Kier molecular flexibility index (Phi) is 5.27. The molecule has 1 saturated heterocycles. The van der Waals surface area contributed by atoms with Gasteiger partial charge in [-0.3, -0.25) is 4.79 Å². The Morgan fingerprint density at radius 3 is 2.81 bits per heavy atom. The second-order valence-corrected chi connectivity index (χ2v) is 4.99. The van der Waals surface area contributed by atoms with Crippen LogP contribution in [0.5, 0.6) is 11.5 Å². The maximum Gasteiger partial charge on any atom is 0.253 e. The minimum Gasteiger partial charge on any atom is -0.497 e. The van der Waals surface area contributed by atoms with Crippen molar-refractivity contribution in [3.63, 3.8) is 0 Å². The topological polar surface area (TPSA) is 82.8 Å². The number of anilines is 1. The highest BCUT2D eigenvalue weighted by molar-refractivity contribution is 6.00. The third kappa shape index (κ3) is 3.78. The van der Waals surface area contributed by atoms with Gasteiger partial charge in [0.15, 0.2) is 0 Å². The van der Waals surface area contributed by atoms with Gasteiger partial charge in [-0.2, -0.15) is 0 Å². The first-order valence-electron chi connectivity index (χ1n) is 7.07. The standard InChI is InChI=1S/C15H22N2O4/c1-19-11-7-12(14(16)13(8-11)20-2)15(18)17-9-10-5-3-4-6-21-10/h7-8,10H,3-6,9,16H2,1-2H3,(H,17,18). The molecule has 21 heavy (non-hydrogen) atoms.